The van der Waals surface area contributed by atoms with Crippen LogP contribution in [-0.4, -0.2) is 16.9 Å². The molecule has 0 aliphatic rings. The van der Waals surface area contributed by atoms with E-state index in [1.165, 1.54) is 12.1 Å². The molecule has 178 valence electrons. The fourth-order valence-corrected chi connectivity index (χ4v) is 2.99. The summed E-state index contributed by atoms with van der Waals surface area (Å²) in [4.78, 5) is 25.0. The number of rotatable bonds is 4. The molecule has 0 spiro atoms. The number of benzene rings is 3. The highest BCUT2D eigenvalue weighted by atomic mass is 35.5. The quantitative estimate of drug-likeness (QED) is 0.352. The number of nitrogens with one attached hydrogen (secondary N) is 2. The second kappa shape index (κ2) is 9.26. The largest absolute Gasteiger partial charge is 0.507 e. The number of carbonyl (C=O) groups is 2. The molecular formula is C22H13ClF6N2O3. The van der Waals surface area contributed by atoms with Crippen LogP contribution in [0.3, 0.4) is 0 Å². The Morgan fingerprint density at radius 3 is 1.82 bits per heavy atom. The number of phenols is 1. The molecular weight excluding hydrogens is 490 g/mol. The summed E-state index contributed by atoms with van der Waals surface area (Å²) in [5.41, 5.74) is -3.40. The van der Waals surface area contributed by atoms with Gasteiger partial charge in [0.25, 0.3) is 11.8 Å². The molecule has 0 fully saturated rings. The highest BCUT2D eigenvalue weighted by Crippen LogP contribution is 2.35. The van der Waals surface area contributed by atoms with E-state index in [-0.39, 0.29) is 21.8 Å². The summed E-state index contributed by atoms with van der Waals surface area (Å²) in [5.74, 6) is -2.43. The number of alkyl halides is 6. The van der Waals surface area contributed by atoms with E-state index in [9.17, 15) is 41.0 Å². The highest BCUT2D eigenvalue weighted by molar-refractivity contribution is 6.31. The number of carbonyl (C=O) groups excluding carboxylic acids is 2. The minimum atomic E-state index is -4.79. The van der Waals surface area contributed by atoms with Crippen LogP contribution in [0.15, 0.2) is 60.7 Å². The lowest BCUT2D eigenvalue weighted by Crippen LogP contribution is -2.18. The molecule has 0 bridgehead atoms. The first-order chi connectivity index (χ1) is 15.8. The van der Waals surface area contributed by atoms with E-state index in [1.54, 1.807) is 0 Å². The van der Waals surface area contributed by atoms with Gasteiger partial charge in [-0.3, -0.25) is 9.59 Å². The van der Waals surface area contributed by atoms with E-state index in [0.717, 1.165) is 24.3 Å². The number of hydrogen-bond donors (Lipinski definition) is 3. The number of aromatic hydroxyl groups is 1. The predicted molar refractivity (Wildman–Crippen MR) is 112 cm³/mol. The Kier molecular flexibility index (Phi) is 6.78. The van der Waals surface area contributed by atoms with Gasteiger partial charge in [-0.25, -0.2) is 0 Å². The maximum Gasteiger partial charge on any atom is 0.416 e. The van der Waals surface area contributed by atoms with Crippen LogP contribution >= 0.6 is 11.6 Å². The van der Waals surface area contributed by atoms with E-state index in [0.29, 0.717) is 24.3 Å². The second-order valence-corrected chi connectivity index (χ2v) is 7.34. The topological polar surface area (TPSA) is 78.4 Å². The van der Waals surface area contributed by atoms with Gasteiger partial charge in [0.15, 0.2) is 0 Å². The van der Waals surface area contributed by atoms with Gasteiger partial charge in [-0.2, -0.15) is 26.3 Å². The average molecular weight is 503 g/mol. The molecule has 3 rings (SSSR count). The molecule has 0 radical (unpaired) electrons. The van der Waals surface area contributed by atoms with Crippen molar-refractivity contribution in [3.05, 3.63) is 87.9 Å². The number of amides is 2. The normalized spacial score (nSPS) is 11.7. The van der Waals surface area contributed by atoms with E-state index in [4.69, 9.17) is 11.6 Å². The number of phenolic OH excluding ortho intramolecular Hbond substituents is 1. The zero-order valence-corrected chi connectivity index (χ0v) is 17.4. The van der Waals surface area contributed by atoms with Gasteiger partial charge in [0.2, 0.25) is 0 Å². The molecule has 0 aromatic heterocycles. The maximum atomic E-state index is 13.2. The Morgan fingerprint density at radius 2 is 1.26 bits per heavy atom. The Balaban J connectivity index is 1.92. The van der Waals surface area contributed by atoms with Crippen molar-refractivity contribution in [3.8, 4) is 5.75 Å². The second-order valence-electron chi connectivity index (χ2n) is 6.90. The van der Waals surface area contributed by atoms with Gasteiger partial charge in [-0.05, 0) is 60.7 Å². The van der Waals surface area contributed by atoms with E-state index < -0.39 is 46.7 Å². The standard InChI is InChI=1S/C22H13ClF6N2O3/c23-14-6-7-15(18(32)10-14)20(34)30-16-8-5-13(22(27,28)29)9-17(16)31-19(33)11-1-3-12(4-2-11)21(24,25)26/h1-10,32H,(H,30,34)(H,31,33). The van der Waals surface area contributed by atoms with Gasteiger partial charge < -0.3 is 15.7 Å². The molecule has 3 aromatic rings. The van der Waals surface area contributed by atoms with Gasteiger partial charge in [0, 0.05) is 10.6 Å². The van der Waals surface area contributed by atoms with E-state index in [1.807, 2.05) is 0 Å². The average Bonchev–Trinajstić information content (AvgIpc) is 2.73. The van der Waals surface area contributed by atoms with Gasteiger partial charge in [-0.1, -0.05) is 11.6 Å². The minimum Gasteiger partial charge on any atom is -0.507 e. The SMILES string of the molecule is O=C(Nc1cc(C(F)(F)F)ccc1NC(=O)c1ccc(Cl)cc1O)c1ccc(C(F)(F)F)cc1. The zero-order valence-electron chi connectivity index (χ0n) is 16.7. The molecule has 34 heavy (non-hydrogen) atoms. The number of anilines is 2. The van der Waals surface area contributed by atoms with E-state index >= 15 is 0 Å². The van der Waals surface area contributed by atoms with Gasteiger partial charge in [-0.15, -0.1) is 0 Å². The first-order valence-electron chi connectivity index (χ1n) is 9.25. The first-order valence-corrected chi connectivity index (χ1v) is 9.63. The van der Waals surface area contributed by atoms with Crippen LogP contribution in [0.5, 0.6) is 5.75 Å². The van der Waals surface area contributed by atoms with Gasteiger partial charge in [0.05, 0.1) is 28.1 Å². The molecule has 3 aromatic carbocycles. The number of hydrogen-bond acceptors (Lipinski definition) is 3. The molecule has 0 aliphatic heterocycles. The predicted octanol–water partition coefficient (Wildman–Crippen LogP) is 6.59. The zero-order chi connectivity index (χ0) is 25.3. The third-order valence-electron chi connectivity index (χ3n) is 4.52. The Bertz CT molecular complexity index is 1240. The van der Waals surface area contributed by atoms with Crippen molar-refractivity contribution in [2.45, 2.75) is 12.4 Å². The van der Waals surface area contributed by atoms with Crippen molar-refractivity contribution in [2.24, 2.45) is 0 Å². The Labute approximate surface area is 193 Å². The summed E-state index contributed by atoms with van der Waals surface area (Å²) in [6.07, 6.45) is -9.43. The lowest BCUT2D eigenvalue weighted by molar-refractivity contribution is -0.138. The molecule has 0 heterocycles. The monoisotopic (exact) mass is 502 g/mol. The van der Waals surface area contributed by atoms with Crippen molar-refractivity contribution < 1.29 is 41.0 Å². The van der Waals surface area contributed by atoms with Crippen molar-refractivity contribution in [3.63, 3.8) is 0 Å². The third-order valence-corrected chi connectivity index (χ3v) is 4.76. The van der Waals surface area contributed by atoms with Crippen LogP contribution < -0.4 is 10.6 Å². The van der Waals surface area contributed by atoms with Crippen molar-refractivity contribution >= 4 is 34.8 Å². The van der Waals surface area contributed by atoms with Crippen molar-refractivity contribution in [1.29, 1.82) is 0 Å². The Hall–Kier alpha value is -3.73. The van der Waals surface area contributed by atoms with Crippen molar-refractivity contribution in [2.75, 3.05) is 10.6 Å². The molecule has 2 amide bonds. The van der Waals surface area contributed by atoms with Crippen LogP contribution in [0.25, 0.3) is 0 Å². The van der Waals surface area contributed by atoms with Crippen LogP contribution in [0.2, 0.25) is 5.02 Å². The molecule has 12 heteroatoms. The van der Waals surface area contributed by atoms with Gasteiger partial charge in [0.1, 0.15) is 5.75 Å². The first kappa shape index (κ1) is 24.9. The summed E-state index contributed by atoms with van der Waals surface area (Å²) < 4.78 is 77.7. The molecule has 0 saturated heterocycles. The fraction of sp³-hybridized carbons (Fsp3) is 0.0909. The minimum absolute atomic E-state index is 0.132. The molecule has 0 saturated carbocycles. The maximum absolute atomic E-state index is 13.2. The highest BCUT2D eigenvalue weighted by Gasteiger charge is 2.32. The molecule has 0 unspecified atom stereocenters. The summed E-state index contributed by atoms with van der Waals surface area (Å²) >= 11 is 5.71. The lowest BCUT2D eigenvalue weighted by atomic mass is 10.1. The summed E-state index contributed by atoms with van der Waals surface area (Å²) in [6.45, 7) is 0. The third kappa shape index (κ3) is 5.79. The van der Waals surface area contributed by atoms with Crippen LogP contribution in [-0.2, 0) is 12.4 Å². The lowest BCUT2D eigenvalue weighted by Gasteiger charge is -2.16. The Morgan fingerprint density at radius 1 is 0.706 bits per heavy atom. The number of halogens is 7. The molecule has 0 atom stereocenters. The fourth-order valence-electron chi connectivity index (χ4n) is 2.82. The summed E-state index contributed by atoms with van der Waals surface area (Å²) in [6, 6.07) is 8.66. The molecule has 5 nitrogen and oxygen atoms in total. The smallest absolute Gasteiger partial charge is 0.416 e. The molecule has 0 aliphatic carbocycles. The van der Waals surface area contributed by atoms with E-state index in [2.05, 4.69) is 10.6 Å². The molecule has 3 N–H and O–H groups in total. The van der Waals surface area contributed by atoms with Crippen LogP contribution in [0.1, 0.15) is 31.8 Å². The van der Waals surface area contributed by atoms with Crippen LogP contribution in [0, 0.1) is 0 Å². The summed E-state index contributed by atoms with van der Waals surface area (Å²) in [7, 11) is 0. The van der Waals surface area contributed by atoms with Crippen LogP contribution in [0.4, 0.5) is 37.7 Å². The summed E-state index contributed by atoms with van der Waals surface area (Å²) in [5, 5.41) is 14.5. The van der Waals surface area contributed by atoms with Crippen molar-refractivity contribution in [1.82, 2.24) is 0 Å². The van der Waals surface area contributed by atoms with Gasteiger partial charge >= 0.3 is 12.4 Å².